The molecule has 4 heteroatoms. The van der Waals surface area contributed by atoms with Crippen LogP contribution in [0.15, 0.2) is 0 Å². The van der Waals surface area contributed by atoms with Crippen LogP contribution in [-0.2, 0) is 9.53 Å². The highest BCUT2D eigenvalue weighted by Crippen LogP contribution is 2.33. The quantitative estimate of drug-likeness (QED) is 0.807. The van der Waals surface area contributed by atoms with Gasteiger partial charge in [0.25, 0.3) is 0 Å². The first-order valence-corrected chi connectivity index (χ1v) is 8.47. The van der Waals surface area contributed by atoms with Crippen LogP contribution in [0.2, 0.25) is 0 Å². The lowest BCUT2D eigenvalue weighted by Crippen LogP contribution is -2.40. The summed E-state index contributed by atoms with van der Waals surface area (Å²) < 4.78 is 5.75. The second-order valence-electron chi connectivity index (χ2n) is 6.31. The van der Waals surface area contributed by atoms with E-state index in [1.54, 1.807) is 0 Å². The van der Waals surface area contributed by atoms with E-state index in [1.807, 2.05) is 6.92 Å². The number of amides is 1. The molecular formula is C15H26BrNO2. The minimum absolute atomic E-state index is 0.0124. The van der Waals surface area contributed by atoms with E-state index in [9.17, 15) is 4.79 Å². The van der Waals surface area contributed by atoms with Gasteiger partial charge in [0.05, 0.1) is 18.1 Å². The average molecular weight is 332 g/mol. The minimum Gasteiger partial charge on any atom is -0.374 e. The number of halogens is 1. The van der Waals surface area contributed by atoms with E-state index in [2.05, 4.69) is 35.1 Å². The van der Waals surface area contributed by atoms with Gasteiger partial charge in [-0.1, -0.05) is 29.3 Å². The summed E-state index contributed by atoms with van der Waals surface area (Å²) in [5.41, 5.74) is 0. The van der Waals surface area contributed by atoms with Gasteiger partial charge in [-0.3, -0.25) is 4.79 Å². The molecule has 2 rings (SSSR count). The summed E-state index contributed by atoms with van der Waals surface area (Å²) in [7, 11) is 0. The Labute approximate surface area is 125 Å². The molecule has 2 aliphatic rings. The SMILES string of the molecule is CC1OC(C)C(C(=O)NCC2CCCC(Br)C2)C1C. The van der Waals surface area contributed by atoms with Gasteiger partial charge in [-0.25, -0.2) is 0 Å². The molecule has 1 aliphatic heterocycles. The third kappa shape index (κ3) is 3.72. The Bertz CT molecular complexity index is 323. The number of alkyl halides is 1. The van der Waals surface area contributed by atoms with Crippen LogP contribution in [0.5, 0.6) is 0 Å². The maximum absolute atomic E-state index is 12.3. The zero-order valence-electron chi connectivity index (χ0n) is 12.2. The lowest BCUT2D eigenvalue weighted by molar-refractivity contribution is -0.127. The number of ether oxygens (including phenoxy) is 1. The minimum atomic E-state index is 0.0124. The Balaban J connectivity index is 1.81. The second kappa shape index (κ2) is 6.57. The van der Waals surface area contributed by atoms with Gasteiger partial charge < -0.3 is 10.1 Å². The lowest BCUT2D eigenvalue weighted by Gasteiger charge is -2.27. The molecule has 1 heterocycles. The smallest absolute Gasteiger partial charge is 0.226 e. The molecular weight excluding hydrogens is 306 g/mol. The molecule has 2 fully saturated rings. The summed E-state index contributed by atoms with van der Waals surface area (Å²) in [6.45, 7) is 7.02. The number of hydrogen-bond acceptors (Lipinski definition) is 2. The van der Waals surface area contributed by atoms with Crippen LogP contribution in [0.3, 0.4) is 0 Å². The summed E-state index contributed by atoms with van der Waals surface area (Å²) in [4.78, 5) is 13.0. The van der Waals surface area contributed by atoms with Crippen molar-refractivity contribution in [2.24, 2.45) is 17.8 Å². The van der Waals surface area contributed by atoms with Crippen molar-refractivity contribution in [3.8, 4) is 0 Å². The zero-order chi connectivity index (χ0) is 14.0. The molecule has 6 unspecified atom stereocenters. The van der Waals surface area contributed by atoms with Gasteiger partial charge in [0.2, 0.25) is 5.91 Å². The summed E-state index contributed by atoms with van der Waals surface area (Å²) in [6, 6.07) is 0. The summed E-state index contributed by atoms with van der Waals surface area (Å²) in [5, 5.41) is 3.16. The summed E-state index contributed by atoms with van der Waals surface area (Å²) in [6.07, 6.45) is 5.19. The molecule has 0 bridgehead atoms. The van der Waals surface area contributed by atoms with E-state index in [1.165, 1.54) is 25.7 Å². The van der Waals surface area contributed by atoms with Crippen LogP contribution < -0.4 is 5.32 Å². The van der Waals surface area contributed by atoms with Crippen molar-refractivity contribution in [1.82, 2.24) is 5.32 Å². The Kier molecular flexibility index (Phi) is 5.29. The maximum Gasteiger partial charge on any atom is 0.226 e. The van der Waals surface area contributed by atoms with Crippen molar-refractivity contribution < 1.29 is 9.53 Å². The van der Waals surface area contributed by atoms with Crippen LogP contribution in [0.1, 0.15) is 46.5 Å². The first-order chi connectivity index (χ1) is 8.99. The van der Waals surface area contributed by atoms with Crippen LogP contribution >= 0.6 is 15.9 Å². The lowest BCUT2D eigenvalue weighted by atomic mass is 9.87. The number of nitrogens with one attached hydrogen (secondary N) is 1. The normalized spacial score (nSPS) is 43.2. The van der Waals surface area contributed by atoms with Gasteiger partial charge in [-0.15, -0.1) is 0 Å². The summed E-state index contributed by atoms with van der Waals surface area (Å²) >= 11 is 3.70. The second-order valence-corrected chi connectivity index (χ2v) is 7.60. The number of rotatable bonds is 3. The molecule has 3 nitrogen and oxygen atoms in total. The Morgan fingerprint density at radius 3 is 2.58 bits per heavy atom. The first kappa shape index (κ1) is 15.3. The number of carbonyl (C=O) groups is 1. The Hall–Kier alpha value is -0.0900. The molecule has 0 aromatic rings. The molecule has 1 saturated carbocycles. The van der Waals surface area contributed by atoms with Gasteiger partial charge in [0.15, 0.2) is 0 Å². The molecule has 110 valence electrons. The van der Waals surface area contributed by atoms with E-state index in [0.717, 1.165) is 6.54 Å². The van der Waals surface area contributed by atoms with Crippen LogP contribution in [0.4, 0.5) is 0 Å². The Morgan fingerprint density at radius 1 is 1.26 bits per heavy atom. The van der Waals surface area contributed by atoms with E-state index >= 15 is 0 Å². The van der Waals surface area contributed by atoms with E-state index in [-0.39, 0.29) is 24.0 Å². The monoisotopic (exact) mass is 331 g/mol. The van der Waals surface area contributed by atoms with E-state index in [4.69, 9.17) is 4.74 Å². The van der Waals surface area contributed by atoms with Gasteiger partial charge >= 0.3 is 0 Å². The van der Waals surface area contributed by atoms with Crippen LogP contribution in [0.25, 0.3) is 0 Å². The highest BCUT2D eigenvalue weighted by atomic mass is 79.9. The molecule has 1 aliphatic carbocycles. The van der Waals surface area contributed by atoms with Crippen molar-refractivity contribution in [2.75, 3.05) is 6.54 Å². The molecule has 0 aromatic heterocycles. The fourth-order valence-electron chi connectivity index (χ4n) is 3.49. The van der Waals surface area contributed by atoms with Gasteiger partial charge in [0, 0.05) is 11.4 Å². The van der Waals surface area contributed by atoms with Gasteiger partial charge in [-0.2, -0.15) is 0 Å². The Morgan fingerprint density at radius 2 is 2.00 bits per heavy atom. The van der Waals surface area contributed by atoms with E-state index < -0.39 is 0 Å². The molecule has 19 heavy (non-hydrogen) atoms. The van der Waals surface area contributed by atoms with Crippen molar-refractivity contribution in [2.45, 2.75) is 63.5 Å². The molecule has 0 spiro atoms. The predicted octanol–water partition coefficient (Wildman–Crippen LogP) is 3.12. The first-order valence-electron chi connectivity index (χ1n) is 7.56. The van der Waals surface area contributed by atoms with Gasteiger partial charge in [0.1, 0.15) is 0 Å². The molecule has 0 aromatic carbocycles. The maximum atomic E-state index is 12.3. The molecule has 1 saturated heterocycles. The third-order valence-electron chi connectivity index (χ3n) is 4.83. The molecule has 1 N–H and O–H groups in total. The van der Waals surface area contributed by atoms with E-state index in [0.29, 0.717) is 16.7 Å². The van der Waals surface area contributed by atoms with Crippen LogP contribution in [-0.4, -0.2) is 29.5 Å². The predicted molar refractivity (Wildman–Crippen MR) is 80.3 cm³/mol. The van der Waals surface area contributed by atoms with Crippen molar-refractivity contribution in [1.29, 1.82) is 0 Å². The zero-order valence-corrected chi connectivity index (χ0v) is 13.8. The topological polar surface area (TPSA) is 38.3 Å². The van der Waals surface area contributed by atoms with Crippen molar-refractivity contribution in [3.05, 3.63) is 0 Å². The highest BCUT2D eigenvalue weighted by molar-refractivity contribution is 9.09. The fourth-order valence-corrected chi connectivity index (χ4v) is 4.34. The molecule has 0 radical (unpaired) electrons. The standard InChI is InChI=1S/C15H26BrNO2/c1-9-10(2)19-11(3)14(9)15(18)17-8-12-5-4-6-13(16)7-12/h9-14H,4-8H2,1-3H3,(H,17,18). The number of hydrogen-bond donors (Lipinski definition) is 1. The van der Waals surface area contributed by atoms with Crippen molar-refractivity contribution >= 4 is 21.8 Å². The van der Waals surface area contributed by atoms with Crippen LogP contribution in [0, 0.1) is 17.8 Å². The number of carbonyl (C=O) groups excluding carboxylic acids is 1. The largest absolute Gasteiger partial charge is 0.374 e. The highest BCUT2D eigenvalue weighted by Gasteiger charge is 2.41. The summed E-state index contributed by atoms with van der Waals surface area (Å²) in [5.74, 6) is 1.14. The average Bonchev–Trinajstić information content (AvgIpc) is 2.61. The molecule has 1 amide bonds. The third-order valence-corrected chi connectivity index (χ3v) is 5.66. The van der Waals surface area contributed by atoms with Crippen molar-refractivity contribution in [3.63, 3.8) is 0 Å². The fraction of sp³-hybridized carbons (Fsp3) is 0.933. The molecule has 6 atom stereocenters. The van der Waals surface area contributed by atoms with Gasteiger partial charge in [-0.05, 0) is 44.9 Å².